The molecule has 3 heterocycles. The Balaban J connectivity index is 1.35. The molecule has 1 fully saturated rings. The number of fused-ring (bicyclic) bond motifs is 1. The molecule has 4 aromatic rings. The van der Waals surface area contributed by atoms with Crippen LogP contribution in [0.3, 0.4) is 0 Å². The van der Waals surface area contributed by atoms with Crippen molar-refractivity contribution in [2.45, 2.75) is 18.8 Å². The molecule has 0 radical (unpaired) electrons. The van der Waals surface area contributed by atoms with Crippen molar-refractivity contribution in [3.05, 3.63) is 77.2 Å². The minimum absolute atomic E-state index is 0.0655. The number of pyridine rings is 1. The minimum atomic E-state index is -0.303. The Hall–Kier alpha value is -3.19. The van der Waals surface area contributed by atoms with E-state index < -0.39 is 0 Å². The quantitative estimate of drug-likeness (QED) is 0.474. The van der Waals surface area contributed by atoms with Crippen LogP contribution in [0.1, 0.15) is 34.3 Å². The van der Waals surface area contributed by atoms with Gasteiger partial charge in [-0.25, -0.2) is 9.37 Å². The highest BCUT2D eigenvalue weighted by Gasteiger charge is 2.28. The summed E-state index contributed by atoms with van der Waals surface area (Å²) in [6, 6.07) is 18.1. The molecule has 7 heteroatoms. The molecular weight excluding hydrogens is 399 g/mol. The van der Waals surface area contributed by atoms with Gasteiger partial charge < -0.3 is 4.90 Å². The van der Waals surface area contributed by atoms with Gasteiger partial charge in [-0.15, -0.1) is 10.2 Å². The molecule has 1 aliphatic rings. The number of hydrogen-bond donors (Lipinski definition) is 0. The Bertz CT molecular complexity index is 1220. The number of amides is 1. The highest BCUT2D eigenvalue weighted by atomic mass is 32.1. The fraction of sp³-hybridized carbons (Fsp3) is 0.217. The van der Waals surface area contributed by atoms with Gasteiger partial charge in [-0.1, -0.05) is 47.7 Å². The first-order chi connectivity index (χ1) is 14.7. The summed E-state index contributed by atoms with van der Waals surface area (Å²) in [5.41, 5.74) is 1.74. The SMILES string of the molecule is O=C(c1ccc2ccccc2n1)N1CCC[C@@H](c2nnc(-c3ccccc3F)s2)C1. The van der Waals surface area contributed by atoms with Gasteiger partial charge in [0.2, 0.25) is 0 Å². The lowest BCUT2D eigenvalue weighted by Crippen LogP contribution is -2.39. The van der Waals surface area contributed by atoms with Gasteiger partial charge >= 0.3 is 0 Å². The molecule has 0 saturated carbocycles. The second-order valence-electron chi connectivity index (χ2n) is 7.40. The zero-order valence-electron chi connectivity index (χ0n) is 16.2. The fourth-order valence-electron chi connectivity index (χ4n) is 3.85. The van der Waals surface area contributed by atoms with E-state index >= 15 is 0 Å². The lowest BCUT2D eigenvalue weighted by atomic mass is 9.98. The van der Waals surface area contributed by atoms with E-state index in [1.807, 2.05) is 35.2 Å². The van der Waals surface area contributed by atoms with Crippen LogP contribution in [0, 0.1) is 5.82 Å². The van der Waals surface area contributed by atoms with E-state index in [1.54, 1.807) is 24.3 Å². The number of aromatic nitrogens is 3. The molecule has 0 spiro atoms. The number of para-hydroxylation sites is 1. The second kappa shape index (κ2) is 7.91. The van der Waals surface area contributed by atoms with Crippen molar-refractivity contribution in [2.24, 2.45) is 0 Å². The van der Waals surface area contributed by atoms with Crippen molar-refractivity contribution in [1.29, 1.82) is 0 Å². The second-order valence-corrected chi connectivity index (χ2v) is 8.41. The van der Waals surface area contributed by atoms with Crippen LogP contribution in [0.15, 0.2) is 60.7 Å². The molecule has 150 valence electrons. The van der Waals surface area contributed by atoms with Crippen LogP contribution in [-0.4, -0.2) is 39.1 Å². The van der Waals surface area contributed by atoms with E-state index in [-0.39, 0.29) is 17.6 Å². The summed E-state index contributed by atoms with van der Waals surface area (Å²) in [6.45, 7) is 1.27. The molecule has 2 aromatic carbocycles. The number of halogens is 1. The number of likely N-dealkylation sites (tertiary alicyclic amines) is 1. The maximum absolute atomic E-state index is 14.1. The van der Waals surface area contributed by atoms with Crippen LogP contribution in [0.25, 0.3) is 21.5 Å². The standard InChI is InChI=1S/C23H19FN4OS/c24-18-9-3-2-8-17(18)22-27-26-21(30-22)16-7-5-13-28(14-16)23(29)20-12-11-15-6-1-4-10-19(15)25-20/h1-4,6,8-12,16H,5,7,13-14H2/t16-/m1/s1. The third kappa shape index (κ3) is 3.57. The molecule has 0 bridgehead atoms. The Kier molecular flexibility index (Phi) is 4.96. The molecule has 0 aliphatic carbocycles. The molecule has 2 aromatic heterocycles. The highest BCUT2D eigenvalue weighted by molar-refractivity contribution is 7.14. The summed E-state index contributed by atoms with van der Waals surface area (Å²) in [5.74, 6) is -0.270. The molecule has 1 atom stereocenters. The van der Waals surface area contributed by atoms with Gasteiger partial charge in [0.1, 0.15) is 16.5 Å². The van der Waals surface area contributed by atoms with Gasteiger partial charge in [-0.3, -0.25) is 4.79 Å². The summed E-state index contributed by atoms with van der Waals surface area (Å²) in [5, 5.41) is 10.9. The van der Waals surface area contributed by atoms with Crippen molar-refractivity contribution >= 4 is 28.1 Å². The number of nitrogens with zero attached hydrogens (tertiary/aromatic N) is 4. The third-order valence-corrected chi connectivity index (χ3v) is 6.54. The van der Waals surface area contributed by atoms with Crippen molar-refractivity contribution < 1.29 is 9.18 Å². The summed E-state index contributed by atoms with van der Waals surface area (Å²) in [6.07, 6.45) is 1.82. The summed E-state index contributed by atoms with van der Waals surface area (Å²) >= 11 is 1.40. The Morgan fingerprint density at radius 2 is 1.87 bits per heavy atom. The Morgan fingerprint density at radius 1 is 1.03 bits per heavy atom. The molecule has 5 rings (SSSR count). The van der Waals surface area contributed by atoms with Gasteiger partial charge in [-0.2, -0.15) is 0 Å². The van der Waals surface area contributed by atoms with E-state index in [9.17, 15) is 9.18 Å². The largest absolute Gasteiger partial charge is 0.337 e. The van der Waals surface area contributed by atoms with Crippen molar-refractivity contribution in [3.63, 3.8) is 0 Å². The Labute approximate surface area is 177 Å². The molecule has 30 heavy (non-hydrogen) atoms. The average molecular weight is 418 g/mol. The van der Waals surface area contributed by atoms with Gasteiger partial charge in [0.25, 0.3) is 5.91 Å². The van der Waals surface area contributed by atoms with E-state index in [0.29, 0.717) is 29.4 Å². The molecule has 0 N–H and O–H groups in total. The van der Waals surface area contributed by atoms with Crippen molar-refractivity contribution in [1.82, 2.24) is 20.1 Å². The monoisotopic (exact) mass is 418 g/mol. The maximum atomic E-state index is 14.1. The fourth-order valence-corrected chi connectivity index (χ4v) is 4.85. The van der Waals surface area contributed by atoms with Crippen LogP contribution in [0.5, 0.6) is 0 Å². The minimum Gasteiger partial charge on any atom is -0.337 e. The summed E-state index contributed by atoms with van der Waals surface area (Å²) < 4.78 is 14.1. The number of hydrogen-bond acceptors (Lipinski definition) is 5. The van der Waals surface area contributed by atoms with Gasteiger partial charge in [0.05, 0.1) is 5.52 Å². The molecule has 1 aliphatic heterocycles. The zero-order chi connectivity index (χ0) is 20.5. The molecule has 0 unspecified atom stereocenters. The third-order valence-electron chi connectivity index (χ3n) is 5.42. The topological polar surface area (TPSA) is 59.0 Å². The summed E-state index contributed by atoms with van der Waals surface area (Å²) in [7, 11) is 0. The Morgan fingerprint density at radius 3 is 2.77 bits per heavy atom. The van der Waals surface area contributed by atoms with E-state index in [2.05, 4.69) is 15.2 Å². The lowest BCUT2D eigenvalue weighted by Gasteiger charge is -2.31. The zero-order valence-corrected chi connectivity index (χ0v) is 17.0. The smallest absolute Gasteiger partial charge is 0.272 e. The number of piperidine rings is 1. The first-order valence-corrected chi connectivity index (χ1v) is 10.7. The van der Waals surface area contributed by atoms with E-state index in [0.717, 1.165) is 28.8 Å². The molecule has 5 nitrogen and oxygen atoms in total. The predicted molar refractivity (Wildman–Crippen MR) is 115 cm³/mol. The predicted octanol–water partition coefficient (Wildman–Crippen LogP) is 4.91. The number of carbonyl (C=O) groups excluding carboxylic acids is 1. The first kappa shape index (κ1) is 18.8. The summed E-state index contributed by atoms with van der Waals surface area (Å²) in [4.78, 5) is 19.5. The lowest BCUT2D eigenvalue weighted by molar-refractivity contribution is 0.0701. The van der Waals surface area contributed by atoms with Crippen LogP contribution in [0.4, 0.5) is 4.39 Å². The van der Waals surface area contributed by atoms with Gasteiger partial charge in [0.15, 0.2) is 5.01 Å². The van der Waals surface area contributed by atoms with Crippen LogP contribution in [-0.2, 0) is 0 Å². The molecule has 1 amide bonds. The average Bonchev–Trinajstić information content (AvgIpc) is 3.29. The van der Waals surface area contributed by atoms with Crippen molar-refractivity contribution in [3.8, 4) is 10.6 Å². The molecule has 1 saturated heterocycles. The molecular formula is C23H19FN4OS. The highest BCUT2D eigenvalue weighted by Crippen LogP contribution is 2.33. The maximum Gasteiger partial charge on any atom is 0.272 e. The number of benzene rings is 2. The van der Waals surface area contributed by atoms with Crippen LogP contribution < -0.4 is 0 Å². The van der Waals surface area contributed by atoms with E-state index in [1.165, 1.54) is 17.4 Å². The van der Waals surface area contributed by atoms with Gasteiger partial charge in [-0.05, 0) is 37.1 Å². The van der Waals surface area contributed by atoms with Crippen LogP contribution >= 0.6 is 11.3 Å². The van der Waals surface area contributed by atoms with Gasteiger partial charge in [0, 0.05) is 30.0 Å². The normalized spacial score (nSPS) is 16.7. The van der Waals surface area contributed by atoms with E-state index in [4.69, 9.17) is 0 Å². The first-order valence-electron chi connectivity index (χ1n) is 9.92. The number of rotatable bonds is 3. The van der Waals surface area contributed by atoms with Crippen molar-refractivity contribution in [2.75, 3.05) is 13.1 Å². The van der Waals surface area contributed by atoms with Crippen LogP contribution in [0.2, 0.25) is 0 Å². The number of carbonyl (C=O) groups is 1.